The van der Waals surface area contributed by atoms with E-state index in [2.05, 4.69) is 9.97 Å². The van der Waals surface area contributed by atoms with Gasteiger partial charge in [-0.2, -0.15) is 0 Å². The van der Waals surface area contributed by atoms with Crippen molar-refractivity contribution in [2.24, 2.45) is 0 Å². The topological polar surface area (TPSA) is 70.3 Å². The maximum atomic E-state index is 5.85. The Bertz CT molecular complexity index is 529. The van der Waals surface area contributed by atoms with Gasteiger partial charge in [0.2, 0.25) is 0 Å². The fraction of sp³-hybridized carbons (Fsp3) is 0.167. The minimum Gasteiger partial charge on any atom is -0.493 e. The van der Waals surface area contributed by atoms with Gasteiger partial charge in [-0.15, -0.1) is 0 Å². The zero-order valence-corrected chi connectivity index (χ0v) is 9.68. The van der Waals surface area contributed by atoms with Crippen molar-refractivity contribution >= 4 is 5.69 Å². The quantitative estimate of drug-likeness (QED) is 0.871. The number of methoxy groups -OCH3 is 2. The third-order valence-electron chi connectivity index (χ3n) is 2.40. The van der Waals surface area contributed by atoms with Crippen LogP contribution in [-0.4, -0.2) is 24.2 Å². The van der Waals surface area contributed by atoms with Gasteiger partial charge in [-0.25, -0.2) is 9.97 Å². The summed E-state index contributed by atoms with van der Waals surface area (Å²) < 4.78 is 10.6. The summed E-state index contributed by atoms with van der Waals surface area (Å²) in [6, 6.07) is 5.55. The van der Waals surface area contributed by atoms with Gasteiger partial charge in [-0.3, -0.25) is 0 Å². The minimum absolute atomic E-state index is 0.499. The van der Waals surface area contributed by atoms with Gasteiger partial charge >= 0.3 is 0 Å². The number of anilines is 1. The standard InChI is InChI=1S/C12H13N3O2/c1-16-10-5-3-4-8(12(10)17-2)11-9(13)6-14-7-15-11/h3-7H,13H2,1-2H3. The van der Waals surface area contributed by atoms with Gasteiger partial charge in [-0.1, -0.05) is 6.07 Å². The zero-order valence-electron chi connectivity index (χ0n) is 9.68. The number of aromatic nitrogens is 2. The van der Waals surface area contributed by atoms with E-state index >= 15 is 0 Å². The summed E-state index contributed by atoms with van der Waals surface area (Å²) >= 11 is 0. The summed E-state index contributed by atoms with van der Waals surface area (Å²) in [5.74, 6) is 1.25. The molecule has 17 heavy (non-hydrogen) atoms. The van der Waals surface area contributed by atoms with Gasteiger partial charge in [0, 0.05) is 5.56 Å². The first-order valence-electron chi connectivity index (χ1n) is 5.04. The molecule has 0 saturated carbocycles. The van der Waals surface area contributed by atoms with E-state index in [1.54, 1.807) is 20.4 Å². The lowest BCUT2D eigenvalue weighted by molar-refractivity contribution is 0.356. The number of benzene rings is 1. The Hall–Kier alpha value is -2.30. The molecule has 5 nitrogen and oxygen atoms in total. The molecule has 2 aromatic rings. The number of hydrogen-bond acceptors (Lipinski definition) is 5. The van der Waals surface area contributed by atoms with Crippen molar-refractivity contribution < 1.29 is 9.47 Å². The van der Waals surface area contributed by atoms with E-state index in [0.717, 1.165) is 5.56 Å². The molecule has 0 bridgehead atoms. The predicted octanol–water partition coefficient (Wildman–Crippen LogP) is 1.74. The van der Waals surface area contributed by atoms with Crippen LogP contribution in [0.15, 0.2) is 30.7 Å². The molecule has 1 aromatic heterocycles. The predicted molar refractivity (Wildman–Crippen MR) is 65.0 cm³/mol. The number of para-hydroxylation sites is 1. The third kappa shape index (κ3) is 1.99. The molecule has 5 heteroatoms. The summed E-state index contributed by atoms with van der Waals surface area (Å²) in [4.78, 5) is 8.02. The molecule has 0 spiro atoms. The molecular formula is C12H13N3O2. The number of nitrogens with two attached hydrogens (primary N) is 1. The van der Waals surface area contributed by atoms with E-state index < -0.39 is 0 Å². The fourth-order valence-corrected chi connectivity index (χ4v) is 1.64. The smallest absolute Gasteiger partial charge is 0.170 e. The maximum absolute atomic E-state index is 5.85. The normalized spacial score (nSPS) is 10.0. The van der Waals surface area contributed by atoms with Crippen molar-refractivity contribution in [1.82, 2.24) is 9.97 Å². The molecule has 2 N–H and O–H groups in total. The lowest BCUT2D eigenvalue weighted by Gasteiger charge is -2.12. The summed E-state index contributed by atoms with van der Waals surface area (Å²) in [5, 5.41) is 0. The van der Waals surface area contributed by atoms with E-state index in [-0.39, 0.29) is 0 Å². The van der Waals surface area contributed by atoms with Crippen molar-refractivity contribution in [3.05, 3.63) is 30.7 Å². The van der Waals surface area contributed by atoms with Gasteiger partial charge < -0.3 is 15.2 Å². The highest BCUT2D eigenvalue weighted by molar-refractivity contribution is 5.78. The van der Waals surface area contributed by atoms with E-state index in [4.69, 9.17) is 15.2 Å². The van der Waals surface area contributed by atoms with Gasteiger partial charge in [-0.05, 0) is 12.1 Å². The van der Waals surface area contributed by atoms with Crippen molar-refractivity contribution in [1.29, 1.82) is 0 Å². The molecule has 0 aliphatic rings. The Morgan fingerprint density at radius 2 is 2.00 bits per heavy atom. The molecule has 0 fully saturated rings. The van der Waals surface area contributed by atoms with Gasteiger partial charge in [0.1, 0.15) is 12.0 Å². The largest absolute Gasteiger partial charge is 0.493 e. The fourth-order valence-electron chi connectivity index (χ4n) is 1.64. The van der Waals surface area contributed by atoms with Crippen LogP contribution in [0, 0.1) is 0 Å². The van der Waals surface area contributed by atoms with E-state index in [1.165, 1.54) is 6.33 Å². The Morgan fingerprint density at radius 3 is 2.65 bits per heavy atom. The van der Waals surface area contributed by atoms with Crippen LogP contribution in [0.2, 0.25) is 0 Å². The van der Waals surface area contributed by atoms with Crippen LogP contribution >= 0.6 is 0 Å². The lowest BCUT2D eigenvalue weighted by Crippen LogP contribution is -1.98. The Balaban J connectivity index is 2.63. The molecule has 0 aliphatic heterocycles. The second-order valence-corrected chi connectivity index (χ2v) is 3.37. The molecule has 88 valence electrons. The molecular weight excluding hydrogens is 218 g/mol. The molecule has 0 amide bonds. The Morgan fingerprint density at radius 1 is 1.18 bits per heavy atom. The molecule has 0 atom stereocenters. The van der Waals surface area contributed by atoms with E-state index in [0.29, 0.717) is 22.9 Å². The highest BCUT2D eigenvalue weighted by Gasteiger charge is 2.14. The van der Waals surface area contributed by atoms with Crippen LogP contribution in [0.1, 0.15) is 0 Å². The number of rotatable bonds is 3. The average molecular weight is 231 g/mol. The second-order valence-electron chi connectivity index (χ2n) is 3.37. The van der Waals surface area contributed by atoms with Crippen molar-refractivity contribution in [2.75, 3.05) is 20.0 Å². The maximum Gasteiger partial charge on any atom is 0.170 e. The monoisotopic (exact) mass is 231 g/mol. The lowest BCUT2D eigenvalue weighted by atomic mass is 10.1. The van der Waals surface area contributed by atoms with Gasteiger partial charge in [0.05, 0.1) is 26.1 Å². The molecule has 1 heterocycles. The highest BCUT2D eigenvalue weighted by Crippen LogP contribution is 2.38. The van der Waals surface area contributed by atoms with Crippen LogP contribution in [0.4, 0.5) is 5.69 Å². The second kappa shape index (κ2) is 4.69. The van der Waals surface area contributed by atoms with Crippen molar-refractivity contribution in [3.8, 4) is 22.8 Å². The molecule has 0 saturated heterocycles. The van der Waals surface area contributed by atoms with E-state index in [9.17, 15) is 0 Å². The van der Waals surface area contributed by atoms with Crippen LogP contribution < -0.4 is 15.2 Å². The summed E-state index contributed by atoms with van der Waals surface area (Å²) in [6.07, 6.45) is 3.01. The summed E-state index contributed by atoms with van der Waals surface area (Å²) in [6.45, 7) is 0. The zero-order chi connectivity index (χ0) is 12.3. The van der Waals surface area contributed by atoms with Gasteiger partial charge in [0.15, 0.2) is 11.5 Å². The van der Waals surface area contributed by atoms with Crippen LogP contribution in [0.25, 0.3) is 11.3 Å². The molecule has 2 rings (SSSR count). The Kier molecular flexibility index (Phi) is 3.09. The minimum atomic E-state index is 0.499. The van der Waals surface area contributed by atoms with Crippen molar-refractivity contribution in [2.45, 2.75) is 0 Å². The molecule has 0 radical (unpaired) electrons. The van der Waals surface area contributed by atoms with Crippen LogP contribution in [0.5, 0.6) is 11.5 Å². The number of ether oxygens (including phenoxy) is 2. The first-order chi connectivity index (χ1) is 8.27. The Labute approximate surface area is 99.2 Å². The number of nitrogen functional groups attached to an aromatic ring is 1. The molecule has 0 aliphatic carbocycles. The summed E-state index contributed by atoms with van der Waals surface area (Å²) in [5.41, 5.74) is 7.76. The van der Waals surface area contributed by atoms with Crippen LogP contribution in [0.3, 0.4) is 0 Å². The average Bonchev–Trinajstić information content (AvgIpc) is 2.38. The first-order valence-corrected chi connectivity index (χ1v) is 5.04. The first kappa shape index (κ1) is 11.2. The third-order valence-corrected chi connectivity index (χ3v) is 2.40. The van der Waals surface area contributed by atoms with Crippen LogP contribution in [-0.2, 0) is 0 Å². The summed E-state index contributed by atoms with van der Waals surface area (Å²) in [7, 11) is 3.17. The highest BCUT2D eigenvalue weighted by atomic mass is 16.5. The molecule has 0 unspecified atom stereocenters. The molecule has 1 aromatic carbocycles. The SMILES string of the molecule is COc1cccc(-c2ncncc2N)c1OC. The number of hydrogen-bond donors (Lipinski definition) is 1. The van der Waals surface area contributed by atoms with Gasteiger partial charge in [0.25, 0.3) is 0 Å². The van der Waals surface area contributed by atoms with Crippen molar-refractivity contribution in [3.63, 3.8) is 0 Å². The number of nitrogens with zero attached hydrogens (tertiary/aromatic N) is 2. The van der Waals surface area contributed by atoms with E-state index in [1.807, 2.05) is 18.2 Å².